The van der Waals surface area contributed by atoms with Crippen molar-refractivity contribution in [2.24, 2.45) is 0 Å². The lowest BCUT2D eigenvalue weighted by atomic mass is 10.1. The molecule has 0 N–H and O–H groups in total. The molecule has 2 aromatic rings. The highest BCUT2D eigenvalue weighted by molar-refractivity contribution is 8.00. The Morgan fingerprint density at radius 1 is 1.12 bits per heavy atom. The summed E-state index contributed by atoms with van der Waals surface area (Å²) in [5.41, 5.74) is 0.943. The largest absolute Gasteiger partial charge is 0.497 e. The lowest BCUT2D eigenvalue weighted by Crippen LogP contribution is -2.27. The maximum absolute atomic E-state index is 12.7. The number of halogens is 3. The van der Waals surface area contributed by atoms with Crippen molar-refractivity contribution in [2.45, 2.75) is 18.1 Å². The molecule has 132 valence electrons. The summed E-state index contributed by atoms with van der Waals surface area (Å²) in [7, 11) is 1.58. The molecule has 1 unspecified atom stereocenters. The zero-order valence-electron chi connectivity index (χ0n) is 13.4. The number of thioether (sulfide) groups is 1. The first-order chi connectivity index (χ1) is 11.9. The van der Waals surface area contributed by atoms with Gasteiger partial charge in [-0.3, -0.25) is 4.79 Å². The number of benzene rings is 2. The number of nitrogens with zero attached hydrogens (tertiary/aromatic N) is 1. The van der Waals surface area contributed by atoms with Crippen molar-refractivity contribution in [3.8, 4) is 5.75 Å². The molecule has 1 aliphatic heterocycles. The van der Waals surface area contributed by atoms with Gasteiger partial charge in [0.25, 0.3) is 0 Å². The van der Waals surface area contributed by atoms with E-state index < -0.39 is 11.7 Å². The molecule has 1 aliphatic rings. The number of methoxy groups -OCH3 is 1. The first-order valence-corrected chi connectivity index (χ1v) is 8.64. The van der Waals surface area contributed by atoms with E-state index in [0.717, 1.165) is 23.4 Å². The van der Waals surface area contributed by atoms with Crippen molar-refractivity contribution in [3.63, 3.8) is 0 Å². The van der Waals surface area contributed by atoms with Crippen LogP contribution >= 0.6 is 11.8 Å². The number of carbonyl (C=O) groups is 1. The Labute approximate surface area is 147 Å². The second kappa shape index (κ2) is 7.00. The number of hydrogen-bond donors (Lipinski definition) is 0. The normalized spacial score (nSPS) is 17.8. The van der Waals surface area contributed by atoms with Crippen LogP contribution in [0.1, 0.15) is 22.1 Å². The SMILES string of the molecule is COc1ccc(CN2C(=O)CSC2c2ccc(C(F)(F)F)cc2)cc1. The average Bonchev–Trinajstić information content (AvgIpc) is 2.96. The van der Waals surface area contributed by atoms with Crippen molar-refractivity contribution >= 4 is 17.7 Å². The van der Waals surface area contributed by atoms with Crippen molar-refractivity contribution in [3.05, 3.63) is 65.2 Å². The fourth-order valence-corrected chi connectivity index (χ4v) is 3.85. The van der Waals surface area contributed by atoms with Gasteiger partial charge in [-0.1, -0.05) is 24.3 Å². The predicted octanol–water partition coefficient (Wildman–Crippen LogP) is 4.49. The summed E-state index contributed by atoms with van der Waals surface area (Å²) in [4.78, 5) is 13.9. The van der Waals surface area contributed by atoms with Gasteiger partial charge in [-0.2, -0.15) is 13.2 Å². The molecule has 1 heterocycles. The summed E-state index contributed by atoms with van der Waals surface area (Å²) in [5, 5.41) is -0.281. The highest BCUT2D eigenvalue weighted by Gasteiger charge is 2.34. The molecular formula is C18H16F3NO2S. The molecule has 1 fully saturated rings. The Morgan fingerprint density at radius 2 is 1.76 bits per heavy atom. The maximum Gasteiger partial charge on any atom is 0.416 e. The smallest absolute Gasteiger partial charge is 0.416 e. The molecule has 3 nitrogen and oxygen atoms in total. The highest BCUT2D eigenvalue weighted by atomic mass is 32.2. The van der Waals surface area contributed by atoms with Crippen LogP contribution in [0, 0.1) is 0 Å². The monoisotopic (exact) mass is 367 g/mol. The van der Waals surface area contributed by atoms with Gasteiger partial charge in [0.05, 0.1) is 18.4 Å². The summed E-state index contributed by atoms with van der Waals surface area (Å²) < 4.78 is 43.2. The van der Waals surface area contributed by atoms with Crippen LogP contribution in [0.25, 0.3) is 0 Å². The Morgan fingerprint density at radius 3 is 2.32 bits per heavy atom. The van der Waals surface area contributed by atoms with Crippen LogP contribution in [-0.2, 0) is 17.5 Å². The predicted molar refractivity (Wildman–Crippen MR) is 90.2 cm³/mol. The zero-order valence-corrected chi connectivity index (χ0v) is 14.2. The second-order valence-electron chi connectivity index (χ2n) is 5.65. The standard InChI is InChI=1S/C18H16F3NO2S/c1-24-15-8-2-12(3-9-15)10-22-16(23)11-25-17(22)13-4-6-14(7-5-13)18(19,20)21/h2-9,17H,10-11H2,1H3. The van der Waals surface area contributed by atoms with Gasteiger partial charge in [0.2, 0.25) is 5.91 Å². The van der Waals surface area contributed by atoms with E-state index in [1.165, 1.54) is 23.9 Å². The van der Waals surface area contributed by atoms with Crippen LogP contribution < -0.4 is 4.74 Å². The molecule has 0 bridgehead atoms. The van der Waals surface area contributed by atoms with E-state index in [9.17, 15) is 18.0 Å². The minimum atomic E-state index is -4.36. The fourth-order valence-electron chi connectivity index (χ4n) is 2.67. The third-order valence-electron chi connectivity index (χ3n) is 4.00. The molecular weight excluding hydrogens is 351 g/mol. The molecule has 1 amide bonds. The highest BCUT2D eigenvalue weighted by Crippen LogP contribution is 2.40. The van der Waals surface area contributed by atoms with E-state index in [1.807, 2.05) is 24.3 Å². The minimum absolute atomic E-state index is 0.0225. The van der Waals surface area contributed by atoms with E-state index in [4.69, 9.17) is 4.74 Å². The number of carbonyl (C=O) groups excluding carboxylic acids is 1. The lowest BCUT2D eigenvalue weighted by molar-refractivity contribution is -0.137. The van der Waals surface area contributed by atoms with Gasteiger partial charge >= 0.3 is 6.18 Å². The Kier molecular flexibility index (Phi) is 4.94. The summed E-state index contributed by atoms with van der Waals surface area (Å²) in [5.74, 6) is 1.03. The number of ether oxygens (including phenoxy) is 1. The summed E-state index contributed by atoms with van der Waals surface area (Å²) in [6.07, 6.45) is -4.36. The molecule has 3 rings (SSSR count). The van der Waals surface area contributed by atoms with Crippen LogP contribution in [0.5, 0.6) is 5.75 Å². The molecule has 0 aromatic heterocycles. The van der Waals surface area contributed by atoms with Gasteiger partial charge in [0.15, 0.2) is 0 Å². The van der Waals surface area contributed by atoms with E-state index in [-0.39, 0.29) is 11.3 Å². The molecule has 2 aromatic carbocycles. The third kappa shape index (κ3) is 3.92. The first kappa shape index (κ1) is 17.7. The van der Waals surface area contributed by atoms with E-state index in [0.29, 0.717) is 17.9 Å². The third-order valence-corrected chi connectivity index (χ3v) is 5.26. The van der Waals surface area contributed by atoms with E-state index in [2.05, 4.69) is 0 Å². The fraction of sp³-hybridized carbons (Fsp3) is 0.278. The molecule has 0 radical (unpaired) electrons. The van der Waals surface area contributed by atoms with Gasteiger partial charge in [0, 0.05) is 6.54 Å². The van der Waals surface area contributed by atoms with Gasteiger partial charge in [-0.05, 0) is 35.4 Å². The molecule has 7 heteroatoms. The van der Waals surface area contributed by atoms with Gasteiger partial charge < -0.3 is 9.64 Å². The van der Waals surface area contributed by atoms with Gasteiger partial charge in [0.1, 0.15) is 11.1 Å². The van der Waals surface area contributed by atoms with Crippen LogP contribution in [0.4, 0.5) is 13.2 Å². The lowest BCUT2D eigenvalue weighted by Gasteiger charge is -2.24. The first-order valence-electron chi connectivity index (χ1n) is 7.59. The Hall–Kier alpha value is -2.15. The molecule has 0 saturated carbocycles. The van der Waals surface area contributed by atoms with Crippen molar-refractivity contribution in [1.29, 1.82) is 0 Å². The van der Waals surface area contributed by atoms with Crippen LogP contribution in [0.15, 0.2) is 48.5 Å². The number of amides is 1. The number of alkyl halides is 3. The van der Waals surface area contributed by atoms with E-state index >= 15 is 0 Å². The van der Waals surface area contributed by atoms with Crippen LogP contribution in [0.2, 0.25) is 0 Å². The molecule has 25 heavy (non-hydrogen) atoms. The zero-order chi connectivity index (χ0) is 18.0. The molecule has 1 saturated heterocycles. The van der Waals surface area contributed by atoms with Crippen LogP contribution in [-0.4, -0.2) is 23.7 Å². The topological polar surface area (TPSA) is 29.5 Å². The van der Waals surface area contributed by atoms with Gasteiger partial charge in [-0.15, -0.1) is 11.8 Å². The molecule has 1 atom stereocenters. The quantitative estimate of drug-likeness (QED) is 0.798. The Balaban J connectivity index is 1.79. The minimum Gasteiger partial charge on any atom is -0.497 e. The summed E-state index contributed by atoms with van der Waals surface area (Å²) in [6, 6.07) is 12.4. The number of rotatable bonds is 4. The van der Waals surface area contributed by atoms with Crippen LogP contribution in [0.3, 0.4) is 0 Å². The van der Waals surface area contributed by atoms with Gasteiger partial charge in [-0.25, -0.2) is 0 Å². The number of hydrogen-bond acceptors (Lipinski definition) is 3. The molecule has 0 aliphatic carbocycles. The Bertz CT molecular complexity index is 744. The second-order valence-corrected chi connectivity index (χ2v) is 6.72. The summed E-state index contributed by atoms with van der Waals surface area (Å²) >= 11 is 1.42. The maximum atomic E-state index is 12.7. The van der Waals surface area contributed by atoms with Crippen molar-refractivity contribution in [1.82, 2.24) is 4.90 Å². The molecule has 0 spiro atoms. The van der Waals surface area contributed by atoms with Crippen molar-refractivity contribution < 1.29 is 22.7 Å². The van der Waals surface area contributed by atoms with E-state index in [1.54, 1.807) is 12.0 Å². The average molecular weight is 367 g/mol. The summed E-state index contributed by atoms with van der Waals surface area (Å²) in [6.45, 7) is 0.404. The van der Waals surface area contributed by atoms with Crippen molar-refractivity contribution in [2.75, 3.05) is 12.9 Å².